The first-order valence-electron chi connectivity index (χ1n) is 7.55. The molecule has 0 bridgehead atoms. The van der Waals surface area contributed by atoms with Crippen LogP contribution in [-0.2, 0) is 14.3 Å². The Morgan fingerprint density at radius 2 is 1.73 bits per heavy atom. The Balaban J connectivity index is 2.00. The molecule has 0 heterocycles. The van der Waals surface area contributed by atoms with Crippen molar-refractivity contribution >= 4 is 45.3 Å². The van der Waals surface area contributed by atoms with E-state index < -0.39 is 24.6 Å². The van der Waals surface area contributed by atoms with Gasteiger partial charge in [-0.2, -0.15) is 0 Å². The zero-order valence-electron chi connectivity index (χ0n) is 14.2. The number of hydrogen-bond acceptors (Lipinski definition) is 5. The monoisotopic (exact) mass is 420 g/mol. The number of anilines is 2. The van der Waals surface area contributed by atoms with E-state index in [-0.39, 0.29) is 5.56 Å². The number of nitrogens with zero attached hydrogens (tertiary/aromatic N) is 1. The maximum Gasteiger partial charge on any atom is 0.413 e. The number of ether oxygens (including phenoxy) is 2. The minimum absolute atomic E-state index is 0.150. The second kappa shape index (κ2) is 9.00. The average molecular weight is 421 g/mol. The van der Waals surface area contributed by atoms with Crippen molar-refractivity contribution in [1.29, 1.82) is 0 Å². The highest BCUT2D eigenvalue weighted by molar-refractivity contribution is 9.10. The van der Waals surface area contributed by atoms with E-state index in [4.69, 9.17) is 4.74 Å². The van der Waals surface area contributed by atoms with Crippen LogP contribution in [0.3, 0.4) is 0 Å². The third-order valence-electron chi connectivity index (χ3n) is 3.40. The first kappa shape index (κ1) is 19.5. The van der Waals surface area contributed by atoms with Gasteiger partial charge in [0.15, 0.2) is 6.61 Å². The number of amides is 2. The fourth-order valence-corrected chi connectivity index (χ4v) is 2.38. The number of rotatable bonds is 5. The highest BCUT2D eigenvalue weighted by Crippen LogP contribution is 2.21. The summed E-state index contributed by atoms with van der Waals surface area (Å²) in [5.74, 6) is -1.19. The normalized spacial score (nSPS) is 9.96. The number of hydrogen-bond donors (Lipinski definition) is 1. The second-order valence-corrected chi connectivity index (χ2v) is 6.09. The van der Waals surface area contributed by atoms with Gasteiger partial charge in [-0.3, -0.25) is 9.69 Å². The van der Waals surface area contributed by atoms with Gasteiger partial charge in [0.2, 0.25) is 0 Å². The number of carbonyl (C=O) groups is 3. The lowest BCUT2D eigenvalue weighted by Gasteiger charge is -2.18. The van der Waals surface area contributed by atoms with Crippen LogP contribution in [-0.4, -0.2) is 38.7 Å². The van der Waals surface area contributed by atoms with Crippen molar-refractivity contribution < 1.29 is 23.9 Å². The minimum Gasteiger partial charge on any atom is -0.452 e. The summed E-state index contributed by atoms with van der Waals surface area (Å²) in [6.07, 6.45) is -0.627. The van der Waals surface area contributed by atoms with Gasteiger partial charge in [-0.1, -0.05) is 28.1 Å². The molecule has 26 heavy (non-hydrogen) atoms. The molecule has 7 nitrogen and oxygen atoms in total. The van der Waals surface area contributed by atoms with Crippen molar-refractivity contribution in [3.63, 3.8) is 0 Å². The molecule has 2 rings (SSSR count). The molecule has 2 aromatic rings. The Morgan fingerprint density at radius 1 is 1.08 bits per heavy atom. The van der Waals surface area contributed by atoms with Gasteiger partial charge in [0, 0.05) is 17.2 Å². The molecule has 0 aliphatic carbocycles. The van der Waals surface area contributed by atoms with Crippen LogP contribution in [0.25, 0.3) is 0 Å². The Kier molecular flexibility index (Phi) is 6.74. The third-order valence-corrected chi connectivity index (χ3v) is 3.92. The molecule has 0 aromatic heterocycles. The van der Waals surface area contributed by atoms with Crippen molar-refractivity contribution in [1.82, 2.24) is 0 Å². The van der Waals surface area contributed by atoms with Gasteiger partial charge in [0.1, 0.15) is 0 Å². The maximum absolute atomic E-state index is 12.3. The number of para-hydroxylation sites is 1. The highest BCUT2D eigenvalue weighted by Gasteiger charge is 2.20. The van der Waals surface area contributed by atoms with Crippen molar-refractivity contribution in [2.75, 3.05) is 31.0 Å². The molecule has 136 valence electrons. The lowest BCUT2D eigenvalue weighted by Crippen LogP contribution is -2.28. The molecule has 0 fully saturated rings. The molecule has 2 amide bonds. The van der Waals surface area contributed by atoms with Crippen molar-refractivity contribution in [3.8, 4) is 0 Å². The standard InChI is InChI=1S/C18H17BrN2O5/c1-21(18(24)25-2)15-6-4-3-5-14(15)17(23)26-11-16(22)20-13-9-7-12(19)8-10-13/h3-10H,11H2,1-2H3,(H,20,22). The fourth-order valence-electron chi connectivity index (χ4n) is 2.11. The van der Waals surface area contributed by atoms with Gasteiger partial charge in [-0.15, -0.1) is 0 Å². The van der Waals surface area contributed by atoms with Crippen LogP contribution in [0.5, 0.6) is 0 Å². The molecule has 8 heteroatoms. The first-order chi connectivity index (χ1) is 12.4. The molecule has 0 saturated heterocycles. The number of esters is 1. The van der Waals surface area contributed by atoms with Crippen molar-refractivity contribution in [2.45, 2.75) is 0 Å². The van der Waals surface area contributed by atoms with E-state index in [1.165, 1.54) is 25.1 Å². The van der Waals surface area contributed by atoms with E-state index in [1.807, 2.05) is 0 Å². The first-order valence-corrected chi connectivity index (χ1v) is 8.35. The van der Waals surface area contributed by atoms with Gasteiger partial charge in [-0.25, -0.2) is 9.59 Å². The van der Waals surface area contributed by atoms with Crippen LogP contribution in [0.1, 0.15) is 10.4 Å². The molecule has 2 aromatic carbocycles. The molecular formula is C18H17BrN2O5. The predicted molar refractivity (Wildman–Crippen MR) is 100 cm³/mol. The van der Waals surface area contributed by atoms with Crippen LogP contribution in [0.2, 0.25) is 0 Å². The largest absolute Gasteiger partial charge is 0.452 e. The molecular weight excluding hydrogens is 404 g/mol. The number of halogens is 1. The summed E-state index contributed by atoms with van der Waals surface area (Å²) in [4.78, 5) is 37.1. The Hall–Kier alpha value is -2.87. The molecule has 1 N–H and O–H groups in total. The summed E-state index contributed by atoms with van der Waals surface area (Å²) >= 11 is 3.30. The van der Waals surface area contributed by atoms with Crippen LogP contribution in [0.15, 0.2) is 53.0 Å². The molecule has 0 aliphatic rings. The topological polar surface area (TPSA) is 84.9 Å². The molecule has 0 spiro atoms. The quantitative estimate of drug-likeness (QED) is 0.748. The third kappa shape index (κ3) is 5.06. The highest BCUT2D eigenvalue weighted by atomic mass is 79.9. The Morgan fingerprint density at radius 3 is 2.38 bits per heavy atom. The molecule has 0 saturated carbocycles. The summed E-state index contributed by atoms with van der Waals surface area (Å²) < 4.78 is 10.6. The number of nitrogens with one attached hydrogen (secondary N) is 1. The van der Waals surface area contributed by atoms with Crippen LogP contribution < -0.4 is 10.2 Å². The predicted octanol–water partition coefficient (Wildman–Crippen LogP) is 3.45. The van der Waals surface area contributed by atoms with Crippen molar-refractivity contribution in [3.05, 3.63) is 58.6 Å². The van der Waals surface area contributed by atoms with E-state index >= 15 is 0 Å². The summed E-state index contributed by atoms with van der Waals surface area (Å²) in [7, 11) is 2.71. The molecule has 0 atom stereocenters. The zero-order chi connectivity index (χ0) is 19.1. The van der Waals surface area contributed by atoms with E-state index in [9.17, 15) is 14.4 Å². The number of carbonyl (C=O) groups excluding carboxylic acids is 3. The van der Waals surface area contributed by atoms with Gasteiger partial charge in [0.05, 0.1) is 18.4 Å². The molecule has 0 unspecified atom stereocenters. The minimum atomic E-state index is -0.720. The number of benzene rings is 2. The second-order valence-electron chi connectivity index (χ2n) is 5.18. The average Bonchev–Trinajstić information content (AvgIpc) is 2.66. The summed E-state index contributed by atoms with van der Waals surface area (Å²) in [5, 5.41) is 2.62. The van der Waals surface area contributed by atoms with E-state index in [2.05, 4.69) is 26.0 Å². The summed E-state index contributed by atoms with van der Waals surface area (Å²) in [5.41, 5.74) is 1.05. The summed E-state index contributed by atoms with van der Waals surface area (Å²) in [6.45, 7) is -0.453. The Bertz CT molecular complexity index is 807. The van der Waals surface area contributed by atoms with Gasteiger partial charge >= 0.3 is 12.1 Å². The molecule has 0 aliphatic heterocycles. The van der Waals surface area contributed by atoms with Crippen LogP contribution >= 0.6 is 15.9 Å². The van der Waals surface area contributed by atoms with E-state index in [0.717, 1.165) is 4.47 Å². The van der Waals surface area contributed by atoms with Crippen LogP contribution in [0.4, 0.5) is 16.2 Å². The smallest absolute Gasteiger partial charge is 0.413 e. The summed E-state index contributed by atoms with van der Waals surface area (Å²) in [6, 6.07) is 13.4. The van der Waals surface area contributed by atoms with Crippen molar-refractivity contribution in [2.24, 2.45) is 0 Å². The lowest BCUT2D eigenvalue weighted by molar-refractivity contribution is -0.119. The fraction of sp³-hybridized carbons (Fsp3) is 0.167. The van der Waals surface area contributed by atoms with Gasteiger partial charge < -0.3 is 14.8 Å². The lowest BCUT2D eigenvalue weighted by atomic mass is 10.1. The maximum atomic E-state index is 12.3. The van der Waals surface area contributed by atoms with Crippen LogP contribution in [0, 0.1) is 0 Å². The number of methoxy groups -OCH3 is 1. The zero-order valence-corrected chi connectivity index (χ0v) is 15.8. The SMILES string of the molecule is COC(=O)N(C)c1ccccc1C(=O)OCC(=O)Nc1ccc(Br)cc1. The van der Waals surface area contributed by atoms with Gasteiger partial charge in [0.25, 0.3) is 5.91 Å². The van der Waals surface area contributed by atoms with E-state index in [1.54, 1.807) is 42.5 Å². The van der Waals surface area contributed by atoms with Gasteiger partial charge in [-0.05, 0) is 36.4 Å². The molecule has 0 radical (unpaired) electrons. The Labute approximate surface area is 159 Å². The van der Waals surface area contributed by atoms with E-state index in [0.29, 0.717) is 11.4 Å².